The molecule has 0 saturated heterocycles. The molecule has 1 saturated carbocycles. The monoisotopic (exact) mass is 508 g/mol. The lowest BCUT2D eigenvalue weighted by Gasteiger charge is -2.41. The maximum Gasteiger partial charge on any atom is -0.0188 e. The summed E-state index contributed by atoms with van der Waals surface area (Å²) in [5.41, 5.74) is 0.668. The van der Waals surface area contributed by atoms with Crippen molar-refractivity contribution in [1.82, 2.24) is 0 Å². The predicted octanol–water partition coefficient (Wildman–Crippen LogP) is 7.69. The molecular weight excluding hydrogens is 470 g/mol. The highest BCUT2D eigenvalue weighted by atomic mass is 31.1. The number of rotatable bonds is 8. The van der Waals surface area contributed by atoms with Crippen LogP contribution in [0.2, 0.25) is 0 Å². The van der Waals surface area contributed by atoms with Gasteiger partial charge >= 0.3 is 0 Å². The third kappa shape index (κ3) is 5.37. The van der Waals surface area contributed by atoms with Crippen LogP contribution in [0.4, 0.5) is 0 Å². The Balaban J connectivity index is 1.44. The van der Waals surface area contributed by atoms with Crippen LogP contribution in [0.25, 0.3) is 0 Å². The van der Waals surface area contributed by atoms with Gasteiger partial charge in [0.25, 0.3) is 0 Å². The van der Waals surface area contributed by atoms with Crippen molar-refractivity contribution in [3.63, 3.8) is 0 Å². The van der Waals surface area contributed by atoms with E-state index in [0.717, 1.165) is 0 Å². The Kier molecular flexibility index (Phi) is 7.76. The van der Waals surface area contributed by atoms with Gasteiger partial charge in [-0.3, -0.25) is 0 Å². The number of benzene rings is 4. The summed E-state index contributed by atoms with van der Waals surface area (Å²) in [6.45, 7) is 7.76. The van der Waals surface area contributed by atoms with Crippen molar-refractivity contribution in [3.8, 4) is 0 Å². The smallest absolute Gasteiger partial charge is 0.0188 e. The molecule has 2 heteroatoms. The highest BCUT2D eigenvalue weighted by Crippen LogP contribution is 2.61. The van der Waals surface area contributed by atoms with Gasteiger partial charge in [0.05, 0.1) is 0 Å². The van der Waals surface area contributed by atoms with Crippen LogP contribution in [0.1, 0.15) is 33.6 Å². The molecule has 5 rings (SSSR count). The van der Waals surface area contributed by atoms with Gasteiger partial charge in [-0.1, -0.05) is 142 Å². The predicted molar refractivity (Wildman–Crippen MR) is 162 cm³/mol. The van der Waals surface area contributed by atoms with E-state index < -0.39 is 0 Å². The van der Waals surface area contributed by atoms with Crippen LogP contribution in [-0.2, 0) is 0 Å². The van der Waals surface area contributed by atoms with Crippen molar-refractivity contribution >= 4 is 37.1 Å². The summed E-state index contributed by atoms with van der Waals surface area (Å²) in [6, 6.07) is 45.1. The minimum absolute atomic E-state index is 0.334. The van der Waals surface area contributed by atoms with Gasteiger partial charge in [0, 0.05) is 0 Å². The minimum Gasteiger partial charge on any atom is -0.0622 e. The lowest BCUT2D eigenvalue weighted by molar-refractivity contribution is 0.186. The average Bonchev–Trinajstić information content (AvgIpc) is 3.17. The van der Waals surface area contributed by atoms with Crippen LogP contribution >= 0.6 is 15.8 Å². The molecule has 0 heterocycles. The maximum absolute atomic E-state index is 2.59. The highest BCUT2D eigenvalue weighted by molar-refractivity contribution is 7.73. The molecule has 36 heavy (non-hydrogen) atoms. The van der Waals surface area contributed by atoms with Crippen LogP contribution in [0, 0.1) is 16.7 Å². The first-order valence-corrected chi connectivity index (χ1v) is 16.3. The van der Waals surface area contributed by atoms with E-state index in [1.54, 1.807) is 0 Å². The second-order valence-electron chi connectivity index (χ2n) is 11.0. The zero-order chi connectivity index (χ0) is 25.0. The zero-order valence-electron chi connectivity index (χ0n) is 21.8. The zero-order valence-corrected chi connectivity index (χ0v) is 23.6. The summed E-state index contributed by atoms with van der Waals surface area (Å²) in [5.74, 6) is 0.667. The van der Waals surface area contributed by atoms with Gasteiger partial charge in [0.1, 0.15) is 0 Å². The highest BCUT2D eigenvalue weighted by Gasteiger charge is 2.51. The van der Waals surface area contributed by atoms with E-state index in [0.29, 0.717) is 16.7 Å². The molecule has 4 aromatic rings. The van der Waals surface area contributed by atoms with Crippen LogP contribution in [-0.4, -0.2) is 12.3 Å². The molecule has 1 fully saturated rings. The van der Waals surface area contributed by atoms with E-state index in [9.17, 15) is 0 Å². The van der Waals surface area contributed by atoms with Gasteiger partial charge in [0.2, 0.25) is 0 Å². The fraction of sp³-hybridized carbons (Fsp3) is 0.294. The lowest BCUT2D eigenvalue weighted by atomic mass is 9.73. The van der Waals surface area contributed by atoms with Gasteiger partial charge in [0.15, 0.2) is 0 Å². The van der Waals surface area contributed by atoms with Crippen molar-refractivity contribution in [2.75, 3.05) is 12.3 Å². The summed E-state index contributed by atoms with van der Waals surface area (Å²) < 4.78 is 0. The van der Waals surface area contributed by atoms with Crippen molar-refractivity contribution in [1.29, 1.82) is 0 Å². The molecule has 1 aliphatic rings. The van der Waals surface area contributed by atoms with Gasteiger partial charge in [-0.15, -0.1) is 0 Å². The topological polar surface area (TPSA) is 0 Å². The van der Waals surface area contributed by atoms with Gasteiger partial charge < -0.3 is 0 Å². The molecule has 184 valence electrons. The molecular formula is C34H38P2. The molecule has 0 amide bonds. The average molecular weight is 509 g/mol. The SMILES string of the molecule is CC1[C@](C)(CP(c2ccccc2)c2ccccc2)CC[C@]1(C)CP(c1ccccc1)c1ccccc1. The molecule has 1 unspecified atom stereocenters. The van der Waals surface area contributed by atoms with E-state index in [1.165, 1.54) is 46.4 Å². The van der Waals surface area contributed by atoms with E-state index in [4.69, 9.17) is 0 Å². The summed E-state index contributed by atoms with van der Waals surface area (Å²) >= 11 is 0. The minimum atomic E-state index is -0.381. The lowest BCUT2D eigenvalue weighted by Crippen LogP contribution is -2.36. The van der Waals surface area contributed by atoms with E-state index in [2.05, 4.69) is 142 Å². The molecule has 3 atom stereocenters. The molecule has 0 N–H and O–H groups in total. The van der Waals surface area contributed by atoms with Crippen LogP contribution in [0.5, 0.6) is 0 Å². The third-order valence-corrected chi connectivity index (χ3v) is 14.4. The van der Waals surface area contributed by atoms with Crippen molar-refractivity contribution in [2.45, 2.75) is 33.6 Å². The van der Waals surface area contributed by atoms with Crippen molar-refractivity contribution in [2.24, 2.45) is 16.7 Å². The Labute approximate surface area is 220 Å². The van der Waals surface area contributed by atoms with Crippen molar-refractivity contribution in [3.05, 3.63) is 121 Å². The Morgan fingerprint density at radius 2 is 0.750 bits per heavy atom. The van der Waals surface area contributed by atoms with E-state index in [-0.39, 0.29) is 15.8 Å². The number of hydrogen-bond donors (Lipinski definition) is 0. The third-order valence-electron chi connectivity index (χ3n) is 8.67. The molecule has 1 aliphatic carbocycles. The fourth-order valence-corrected chi connectivity index (χ4v) is 11.9. The quantitative estimate of drug-likeness (QED) is 0.214. The van der Waals surface area contributed by atoms with Gasteiger partial charge in [-0.05, 0) is 79.0 Å². The van der Waals surface area contributed by atoms with Crippen LogP contribution < -0.4 is 21.2 Å². The van der Waals surface area contributed by atoms with E-state index >= 15 is 0 Å². The molecule has 0 bridgehead atoms. The first-order valence-electron chi connectivity index (χ1n) is 13.2. The summed E-state index contributed by atoms with van der Waals surface area (Å²) in [6.07, 6.45) is 5.16. The number of hydrogen-bond acceptors (Lipinski definition) is 0. The normalized spacial score (nSPS) is 23.9. The Bertz CT molecular complexity index is 1050. The fourth-order valence-electron chi connectivity index (χ4n) is 6.09. The first kappa shape index (κ1) is 25.4. The Morgan fingerprint density at radius 1 is 0.500 bits per heavy atom. The first-order chi connectivity index (χ1) is 17.5. The molecule has 0 nitrogen and oxygen atoms in total. The second kappa shape index (κ2) is 11.0. The largest absolute Gasteiger partial charge is 0.0622 e. The van der Waals surface area contributed by atoms with Crippen LogP contribution in [0.15, 0.2) is 121 Å². The maximum atomic E-state index is 2.59. The van der Waals surface area contributed by atoms with Crippen LogP contribution in [0.3, 0.4) is 0 Å². The van der Waals surface area contributed by atoms with E-state index in [1.807, 2.05) is 0 Å². The molecule has 0 aromatic heterocycles. The standard InChI is InChI=1S/C34H38P2/c1-28-33(2,26-35(29-16-8-4-9-17-29)30-18-10-5-11-19-30)24-25-34(28,3)27-36(31-20-12-6-13-21-31)32-22-14-7-15-23-32/h4-23,28H,24-27H2,1-3H3/t28?,33-,34+. The Hall–Kier alpha value is -2.26. The van der Waals surface area contributed by atoms with Gasteiger partial charge in [-0.2, -0.15) is 0 Å². The second-order valence-corrected chi connectivity index (χ2v) is 15.5. The summed E-state index contributed by atoms with van der Waals surface area (Å²) in [4.78, 5) is 0. The summed E-state index contributed by atoms with van der Waals surface area (Å²) in [5, 5.41) is 6.04. The van der Waals surface area contributed by atoms with Crippen molar-refractivity contribution < 1.29 is 0 Å². The Morgan fingerprint density at radius 3 is 1.00 bits per heavy atom. The molecule has 4 aromatic carbocycles. The van der Waals surface area contributed by atoms with Gasteiger partial charge in [-0.25, -0.2) is 0 Å². The molecule has 0 radical (unpaired) electrons. The molecule has 0 spiro atoms. The molecule has 0 aliphatic heterocycles. The summed E-state index contributed by atoms with van der Waals surface area (Å²) in [7, 11) is -0.763.